The van der Waals surface area contributed by atoms with Gasteiger partial charge in [-0.25, -0.2) is 0 Å². The molecule has 48 heavy (non-hydrogen) atoms. The summed E-state index contributed by atoms with van der Waals surface area (Å²) in [5, 5.41) is 2.70. The Kier molecular flexibility index (Phi) is 14.4. The molecule has 4 aromatic carbocycles. The summed E-state index contributed by atoms with van der Waals surface area (Å²) in [6, 6.07) is 36.4. The Morgan fingerprint density at radius 1 is 0.521 bits per heavy atom. The van der Waals surface area contributed by atoms with Gasteiger partial charge in [0.2, 0.25) is 0 Å². The van der Waals surface area contributed by atoms with Crippen molar-refractivity contribution in [1.29, 1.82) is 0 Å². The van der Waals surface area contributed by atoms with Crippen molar-refractivity contribution in [3.8, 4) is 0 Å². The van der Waals surface area contributed by atoms with Gasteiger partial charge in [-0.05, 0) is 55.0 Å². The van der Waals surface area contributed by atoms with E-state index in [1.54, 1.807) is 4.91 Å². The van der Waals surface area contributed by atoms with Crippen LogP contribution in [0.2, 0.25) is 0 Å². The standard InChI is InChI=1S/C34H34S4.2BF4/c1-2-3-4-5-6-7-16-26(38-33-23-14-10-19-29(33)36-30-20-11-15-24-34(30)38)25-37-31-21-12-8-17-27(31)35-28-18-9-13-22-32(28)37;2*2-1(3,4)5/h8-15,17-25H,2-7,16H2,1H3;;/q+2;2*-1/b26-25+;;. The van der Waals surface area contributed by atoms with Crippen LogP contribution in [0.5, 0.6) is 0 Å². The molecular weight excluding hydrogens is 710 g/mol. The minimum Gasteiger partial charge on any atom is -0.418 e. The highest BCUT2D eigenvalue weighted by molar-refractivity contribution is 8.07. The fourth-order valence-electron chi connectivity index (χ4n) is 5.14. The Hall–Kier alpha value is -2.41. The van der Waals surface area contributed by atoms with Crippen LogP contribution < -0.4 is 0 Å². The quantitative estimate of drug-likeness (QED) is 0.0724. The van der Waals surface area contributed by atoms with E-state index in [-0.39, 0.29) is 21.8 Å². The van der Waals surface area contributed by atoms with Crippen molar-refractivity contribution in [2.45, 2.75) is 91.0 Å². The molecule has 0 saturated heterocycles. The average molecular weight is 745 g/mol. The van der Waals surface area contributed by atoms with Gasteiger partial charge < -0.3 is 34.5 Å². The van der Waals surface area contributed by atoms with Crippen molar-refractivity contribution in [2.75, 3.05) is 0 Å². The summed E-state index contributed by atoms with van der Waals surface area (Å²) in [4.78, 5) is 13.3. The van der Waals surface area contributed by atoms with Gasteiger partial charge in [0, 0.05) is 6.42 Å². The van der Waals surface area contributed by atoms with E-state index in [0.29, 0.717) is 0 Å². The predicted molar refractivity (Wildman–Crippen MR) is 188 cm³/mol. The molecule has 0 nitrogen and oxygen atoms in total. The van der Waals surface area contributed by atoms with Crippen LogP contribution in [-0.4, -0.2) is 14.5 Å². The van der Waals surface area contributed by atoms with Crippen LogP contribution in [0, 0.1) is 0 Å². The third-order valence-electron chi connectivity index (χ3n) is 7.04. The second-order valence-corrected chi connectivity index (χ2v) is 16.7. The lowest BCUT2D eigenvalue weighted by Gasteiger charge is -2.21. The topological polar surface area (TPSA) is 0 Å². The number of halogens is 8. The van der Waals surface area contributed by atoms with Gasteiger partial charge in [-0.15, -0.1) is 0 Å². The number of rotatable bonds is 9. The molecule has 0 unspecified atom stereocenters. The van der Waals surface area contributed by atoms with Crippen LogP contribution in [0.1, 0.15) is 51.9 Å². The molecule has 6 rings (SSSR count). The highest BCUT2D eigenvalue weighted by Gasteiger charge is 2.43. The van der Waals surface area contributed by atoms with Crippen molar-refractivity contribution in [3.05, 3.63) is 107 Å². The Morgan fingerprint density at radius 3 is 1.27 bits per heavy atom. The minimum atomic E-state index is -6.00. The summed E-state index contributed by atoms with van der Waals surface area (Å²) < 4.78 is 78.0. The molecule has 0 N–H and O–H groups in total. The Bertz CT molecular complexity index is 1550. The van der Waals surface area contributed by atoms with Gasteiger partial charge in [-0.2, -0.15) is 0 Å². The summed E-state index contributed by atoms with van der Waals surface area (Å²) in [6.07, 6.45) is 9.15. The van der Waals surface area contributed by atoms with Crippen molar-refractivity contribution in [2.24, 2.45) is 0 Å². The summed E-state index contributed by atoms with van der Waals surface area (Å²) in [5.74, 6) is 0. The SMILES string of the molecule is CCCCCCCC/C(=C\[S+]1c2ccccc2Sc2ccccc21)[S+]1c2ccccc2Sc2ccccc21.F[B-](F)(F)F.F[B-](F)(F)F. The Balaban J connectivity index is 0.000000458. The predicted octanol–water partition coefficient (Wildman–Crippen LogP) is 13.6. The van der Waals surface area contributed by atoms with Crippen molar-refractivity contribution in [3.63, 3.8) is 0 Å². The summed E-state index contributed by atoms with van der Waals surface area (Å²) in [7, 11) is -12.1. The lowest BCUT2D eigenvalue weighted by Crippen LogP contribution is -2.16. The maximum absolute atomic E-state index is 9.75. The zero-order valence-corrected chi connectivity index (χ0v) is 29.3. The molecule has 0 spiro atoms. The fraction of sp³-hybridized carbons (Fsp3) is 0.235. The molecule has 2 aliphatic rings. The van der Waals surface area contributed by atoms with Gasteiger partial charge in [-0.3, -0.25) is 0 Å². The molecule has 4 aromatic rings. The van der Waals surface area contributed by atoms with Crippen LogP contribution in [0.3, 0.4) is 0 Å². The van der Waals surface area contributed by atoms with Crippen LogP contribution in [-0.2, 0) is 21.8 Å². The normalized spacial score (nSPS) is 14.3. The molecule has 0 amide bonds. The second kappa shape index (κ2) is 18.0. The molecular formula is C34H34B2F8S4. The van der Waals surface area contributed by atoms with Gasteiger partial charge in [0.05, 0.1) is 30.5 Å². The van der Waals surface area contributed by atoms with Crippen molar-refractivity contribution in [1.82, 2.24) is 0 Å². The van der Waals surface area contributed by atoms with E-state index < -0.39 is 14.5 Å². The lowest BCUT2D eigenvalue weighted by molar-refractivity contribution is 0.366. The Morgan fingerprint density at radius 2 is 0.854 bits per heavy atom. The first-order chi connectivity index (χ1) is 22.8. The van der Waals surface area contributed by atoms with Crippen molar-refractivity contribution >= 4 is 59.8 Å². The number of benzene rings is 4. The Labute approximate surface area is 291 Å². The third-order valence-corrected chi connectivity index (χ3v) is 14.6. The van der Waals surface area contributed by atoms with E-state index in [1.807, 2.05) is 23.5 Å². The number of fused-ring (bicyclic) bond motifs is 4. The van der Waals surface area contributed by atoms with E-state index >= 15 is 0 Å². The van der Waals surface area contributed by atoms with Crippen molar-refractivity contribution < 1.29 is 34.5 Å². The monoisotopic (exact) mass is 744 g/mol. The molecule has 2 aliphatic heterocycles. The van der Waals surface area contributed by atoms with E-state index in [4.69, 9.17) is 0 Å². The van der Waals surface area contributed by atoms with Crippen LogP contribution in [0.4, 0.5) is 34.5 Å². The van der Waals surface area contributed by atoms with Gasteiger partial charge in [0.1, 0.15) is 10.9 Å². The van der Waals surface area contributed by atoms with E-state index in [0.717, 1.165) is 0 Å². The zero-order valence-electron chi connectivity index (χ0n) is 26.1. The molecule has 256 valence electrons. The lowest BCUT2D eigenvalue weighted by atomic mass is 10.1. The van der Waals surface area contributed by atoms with E-state index in [9.17, 15) is 34.5 Å². The van der Waals surface area contributed by atoms with Gasteiger partial charge >= 0.3 is 14.5 Å². The molecule has 0 bridgehead atoms. The maximum Gasteiger partial charge on any atom is 0.673 e. The van der Waals surface area contributed by atoms with Crippen LogP contribution >= 0.6 is 23.5 Å². The zero-order chi connectivity index (χ0) is 34.7. The highest BCUT2D eigenvalue weighted by atomic mass is 32.2. The fourth-order valence-corrected chi connectivity index (χ4v) is 13.1. The number of hydrogen-bond acceptors (Lipinski definition) is 2. The van der Waals surface area contributed by atoms with Gasteiger partial charge in [0.15, 0.2) is 29.9 Å². The van der Waals surface area contributed by atoms with Crippen LogP contribution in [0.15, 0.2) is 147 Å². The smallest absolute Gasteiger partial charge is 0.418 e. The number of allylic oxidation sites excluding steroid dienone is 1. The molecule has 14 heteroatoms. The number of unbranched alkanes of at least 4 members (excludes halogenated alkanes) is 5. The van der Waals surface area contributed by atoms with E-state index in [1.165, 1.54) is 84.1 Å². The maximum atomic E-state index is 9.75. The molecule has 0 radical (unpaired) electrons. The summed E-state index contributed by atoms with van der Waals surface area (Å²) in [5.41, 5.74) is 0. The molecule has 0 fully saturated rings. The molecule has 0 atom stereocenters. The highest BCUT2D eigenvalue weighted by Crippen LogP contribution is 2.51. The molecule has 0 saturated carbocycles. The van der Waals surface area contributed by atoms with Crippen LogP contribution in [0.25, 0.3) is 0 Å². The molecule has 0 aliphatic carbocycles. The first-order valence-corrected chi connectivity index (χ1v) is 19.6. The third kappa shape index (κ3) is 11.9. The molecule has 0 aromatic heterocycles. The summed E-state index contributed by atoms with van der Waals surface area (Å²) >= 11 is 3.87. The average Bonchev–Trinajstić information content (AvgIpc) is 3.03. The second-order valence-electron chi connectivity index (χ2n) is 10.7. The first-order valence-electron chi connectivity index (χ1n) is 15.5. The van der Waals surface area contributed by atoms with Gasteiger partial charge in [-0.1, -0.05) is 111 Å². The molecule has 2 heterocycles. The first kappa shape index (κ1) is 38.4. The van der Waals surface area contributed by atoms with Gasteiger partial charge in [0.25, 0.3) is 0 Å². The summed E-state index contributed by atoms with van der Waals surface area (Å²) in [6.45, 7) is 2.30. The number of hydrogen-bond donors (Lipinski definition) is 0. The minimum absolute atomic E-state index is 0.0560. The van der Waals surface area contributed by atoms with E-state index in [2.05, 4.69) is 109 Å². The largest absolute Gasteiger partial charge is 0.673 e.